The number of aromatic nitrogens is 2. The van der Waals surface area contributed by atoms with E-state index in [1.807, 2.05) is 49.4 Å². The van der Waals surface area contributed by atoms with Crippen molar-refractivity contribution in [3.63, 3.8) is 0 Å². The van der Waals surface area contributed by atoms with Gasteiger partial charge in [-0.15, -0.1) is 0 Å². The van der Waals surface area contributed by atoms with Crippen LogP contribution in [0.4, 0.5) is 5.69 Å². The first-order chi connectivity index (χ1) is 13.1. The zero-order valence-electron chi connectivity index (χ0n) is 14.9. The van der Waals surface area contributed by atoms with E-state index in [1.54, 1.807) is 7.11 Å². The third-order valence-corrected chi connectivity index (χ3v) is 4.65. The number of benzene rings is 2. The Kier molecular flexibility index (Phi) is 4.12. The van der Waals surface area contributed by atoms with Crippen LogP contribution in [0.1, 0.15) is 27.5 Å². The van der Waals surface area contributed by atoms with Crippen molar-refractivity contribution in [3.8, 4) is 17.0 Å². The van der Waals surface area contributed by atoms with Crippen molar-refractivity contribution in [1.29, 1.82) is 0 Å². The molecule has 136 valence electrons. The Hall–Kier alpha value is -3.61. The Balaban J connectivity index is 1.64. The molecule has 0 aliphatic carbocycles. The van der Waals surface area contributed by atoms with Gasteiger partial charge in [0.25, 0.3) is 11.8 Å². The SMILES string of the molecule is COc1cccc(-c2[nH]ncc2C(=O)N[C@@H]2C(=O)Nc3cccc(C)c32)c1. The third kappa shape index (κ3) is 2.93. The summed E-state index contributed by atoms with van der Waals surface area (Å²) in [4.78, 5) is 25.3. The van der Waals surface area contributed by atoms with Gasteiger partial charge in [0, 0.05) is 16.8 Å². The zero-order valence-corrected chi connectivity index (χ0v) is 14.9. The number of rotatable bonds is 4. The number of fused-ring (bicyclic) bond motifs is 1. The van der Waals surface area contributed by atoms with Crippen LogP contribution in [0.2, 0.25) is 0 Å². The molecule has 1 atom stereocenters. The summed E-state index contributed by atoms with van der Waals surface area (Å²) in [5.41, 5.74) is 4.15. The number of anilines is 1. The molecule has 1 aliphatic heterocycles. The molecule has 0 radical (unpaired) electrons. The topological polar surface area (TPSA) is 96.1 Å². The first-order valence-corrected chi connectivity index (χ1v) is 8.47. The summed E-state index contributed by atoms with van der Waals surface area (Å²) in [5.74, 6) is 0.0464. The Morgan fingerprint density at radius 2 is 2.04 bits per heavy atom. The van der Waals surface area contributed by atoms with E-state index in [4.69, 9.17) is 4.74 Å². The predicted octanol–water partition coefficient (Wildman–Crippen LogP) is 2.82. The number of methoxy groups -OCH3 is 1. The van der Waals surface area contributed by atoms with E-state index >= 15 is 0 Å². The van der Waals surface area contributed by atoms with Gasteiger partial charge in [-0.2, -0.15) is 5.10 Å². The maximum absolute atomic E-state index is 12.9. The van der Waals surface area contributed by atoms with E-state index in [-0.39, 0.29) is 11.8 Å². The summed E-state index contributed by atoms with van der Waals surface area (Å²) < 4.78 is 5.24. The van der Waals surface area contributed by atoms with E-state index in [1.165, 1.54) is 6.20 Å². The second kappa shape index (κ2) is 6.60. The Bertz CT molecular complexity index is 1040. The fourth-order valence-corrected chi connectivity index (χ4v) is 3.31. The lowest BCUT2D eigenvalue weighted by Gasteiger charge is -2.13. The fraction of sp³-hybridized carbons (Fsp3) is 0.150. The van der Waals surface area contributed by atoms with Crippen LogP contribution >= 0.6 is 0 Å². The monoisotopic (exact) mass is 362 g/mol. The predicted molar refractivity (Wildman–Crippen MR) is 101 cm³/mol. The van der Waals surface area contributed by atoms with Gasteiger partial charge in [0.05, 0.1) is 24.6 Å². The molecule has 4 rings (SSSR count). The van der Waals surface area contributed by atoms with Crippen LogP contribution in [0.3, 0.4) is 0 Å². The molecule has 0 spiro atoms. The number of amides is 2. The summed E-state index contributed by atoms with van der Waals surface area (Å²) >= 11 is 0. The van der Waals surface area contributed by atoms with Crippen molar-refractivity contribution < 1.29 is 14.3 Å². The van der Waals surface area contributed by atoms with Crippen LogP contribution in [0.25, 0.3) is 11.3 Å². The Morgan fingerprint density at radius 1 is 1.22 bits per heavy atom. The zero-order chi connectivity index (χ0) is 19.0. The molecule has 1 aliphatic rings. The minimum Gasteiger partial charge on any atom is -0.497 e. The lowest BCUT2D eigenvalue weighted by atomic mass is 10.0. The molecule has 3 aromatic rings. The molecule has 2 aromatic carbocycles. The summed E-state index contributed by atoms with van der Waals surface area (Å²) in [6, 6.07) is 12.2. The Morgan fingerprint density at radius 3 is 2.85 bits per heavy atom. The van der Waals surface area contributed by atoms with Gasteiger partial charge < -0.3 is 15.4 Å². The molecule has 1 aromatic heterocycles. The summed E-state index contributed by atoms with van der Waals surface area (Å²) in [7, 11) is 1.58. The average Bonchev–Trinajstić information content (AvgIpc) is 3.28. The molecule has 7 heteroatoms. The molecule has 27 heavy (non-hydrogen) atoms. The van der Waals surface area contributed by atoms with E-state index in [9.17, 15) is 9.59 Å². The van der Waals surface area contributed by atoms with Gasteiger partial charge in [0.15, 0.2) is 0 Å². The lowest BCUT2D eigenvalue weighted by molar-refractivity contribution is -0.117. The van der Waals surface area contributed by atoms with E-state index in [0.29, 0.717) is 17.0 Å². The maximum Gasteiger partial charge on any atom is 0.256 e. The molecule has 0 bridgehead atoms. The highest BCUT2D eigenvalue weighted by molar-refractivity contribution is 6.08. The highest BCUT2D eigenvalue weighted by Crippen LogP contribution is 2.34. The normalized spacial score (nSPS) is 15.2. The average molecular weight is 362 g/mol. The van der Waals surface area contributed by atoms with Crippen molar-refractivity contribution >= 4 is 17.5 Å². The molecule has 7 nitrogen and oxygen atoms in total. The number of carbonyl (C=O) groups excluding carboxylic acids is 2. The van der Waals surface area contributed by atoms with Crippen LogP contribution in [-0.4, -0.2) is 29.1 Å². The second-order valence-electron chi connectivity index (χ2n) is 6.32. The van der Waals surface area contributed by atoms with Crippen LogP contribution in [0.15, 0.2) is 48.7 Å². The molecule has 0 saturated heterocycles. The minimum atomic E-state index is -0.734. The molecular formula is C20H18N4O3. The highest BCUT2D eigenvalue weighted by Gasteiger charge is 2.33. The minimum absolute atomic E-state index is 0.251. The van der Waals surface area contributed by atoms with Gasteiger partial charge in [-0.05, 0) is 30.7 Å². The quantitative estimate of drug-likeness (QED) is 0.665. The third-order valence-electron chi connectivity index (χ3n) is 4.65. The molecule has 2 heterocycles. The van der Waals surface area contributed by atoms with Crippen LogP contribution < -0.4 is 15.4 Å². The summed E-state index contributed by atoms with van der Waals surface area (Å²) in [6.45, 7) is 1.91. The molecule has 3 N–H and O–H groups in total. The van der Waals surface area contributed by atoms with Gasteiger partial charge in [-0.25, -0.2) is 0 Å². The number of hydrogen-bond acceptors (Lipinski definition) is 4. The largest absolute Gasteiger partial charge is 0.497 e. The van der Waals surface area contributed by atoms with E-state index in [0.717, 1.165) is 22.4 Å². The van der Waals surface area contributed by atoms with Gasteiger partial charge in [-0.1, -0.05) is 24.3 Å². The standard InChI is InChI=1S/C20H18N4O3/c1-11-5-3-8-15-16(11)18(20(26)22-15)23-19(25)14-10-21-24-17(14)12-6-4-7-13(9-12)27-2/h3-10,18H,1-2H3,(H,21,24)(H,22,26)(H,23,25)/t18-/m0/s1. The van der Waals surface area contributed by atoms with E-state index < -0.39 is 6.04 Å². The van der Waals surface area contributed by atoms with Gasteiger partial charge in [0.2, 0.25) is 0 Å². The molecule has 0 unspecified atom stereocenters. The van der Waals surface area contributed by atoms with Gasteiger partial charge >= 0.3 is 0 Å². The number of aryl methyl sites for hydroxylation is 1. The summed E-state index contributed by atoms with van der Waals surface area (Å²) in [5, 5.41) is 12.5. The number of hydrogen-bond donors (Lipinski definition) is 3. The van der Waals surface area contributed by atoms with E-state index in [2.05, 4.69) is 20.8 Å². The number of nitrogens with one attached hydrogen (secondary N) is 3. The van der Waals surface area contributed by atoms with Crippen molar-refractivity contribution in [2.24, 2.45) is 0 Å². The van der Waals surface area contributed by atoms with Crippen molar-refractivity contribution in [1.82, 2.24) is 15.5 Å². The number of ether oxygens (including phenoxy) is 1. The number of carbonyl (C=O) groups is 2. The highest BCUT2D eigenvalue weighted by atomic mass is 16.5. The molecule has 0 saturated carbocycles. The van der Waals surface area contributed by atoms with Gasteiger partial charge in [-0.3, -0.25) is 14.7 Å². The van der Waals surface area contributed by atoms with Crippen LogP contribution in [0.5, 0.6) is 5.75 Å². The van der Waals surface area contributed by atoms with Gasteiger partial charge in [0.1, 0.15) is 11.8 Å². The molecule has 2 amide bonds. The van der Waals surface area contributed by atoms with Crippen molar-refractivity contribution in [2.75, 3.05) is 12.4 Å². The first kappa shape index (κ1) is 16.8. The second-order valence-corrected chi connectivity index (χ2v) is 6.32. The lowest BCUT2D eigenvalue weighted by Crippen LogP contribution is -2.33. The van der Waals surface area contributed by atoms with Crippen molar-refractivity contribution in [3.05, 3.63) is 65.4 Å². The number of H-pyrrole nitrogens is 1. The smallest absolute Gasteiger partial charge is 0.256 e. The fourth-order valence-electron chi connectivity index (χ4n) is 3.31. The molecule has 0 fully saturated rings. The summed E-state index contributed by atoms with van der Waals surface area (Å²) in [6.07, 6.45) is 1.45. The number of aromatic amines is 1. The Labute approximate surface area is 155 Å². The number of nitrogens with zero attached hydrogens (tertiary/aromatic N) is 1. The van der Waals surface area contributed by atoms with Crippen LogP contribution in [0, 0.1) is 6.92 Å². The first-order valence-electron chi connectivity index (χ1n) is 8.47. The maximum atomic E-state index is 12.9. The van der Waals surface area contributed by atoms with Crippen molar-refractivity contribution in [2.45, 2.75) is 13.0 Å². The van der Waals surface area contributed by atoms with Crippen LogP contribution in [-0.2, 0) is 4.79 Å². The molecular weight excluding hydrogens is 344 g/mol.